The molecule has 7 heteroatoms. The highest BCUT2D eigenvalue weighted by molar-refractivity contribution is 7.22. The summed E-state index contributed by atoms with van der Waals surface area (Å²) >= 11 is 7.43. The molecular formula is C18H12ClN3O2S. The third-order valence-corrected chi connectivity index (χ3v) is 4.81. The summed E-state index contributed by atoms with van der Waals surface area (Å²) < 4.78 is 6.18. The van der Waals surface area contributed by atoms with Crippen molar-refractivity contribution >= 4 is 44.2 Å². The molecule has 0 saturated carbocycles. The average Bonchev–Trinajstić information content (AvgIpc) is 3.22. The van der Waals surface area contributed by atoms with E-state index in [0.29, 0.717) is 15.9 Å². The smallest absolute Gasteiger partial charge is 0.279 e. The fraction of sp³-hybridized carbons (Fsp3) is 0.0556. The summed E-state index contributed by atoms with van der Waals surface area (Å²) in [7, 11) is 0. The topological polar surface area (TPSA) is 68.0 Å². The maximum absolute atomic E-state index is 12.4. The molecule has 0 fully saturated rings. The SMILES string of the molecule is Cc1cc(Cl)cc2sc(NC(=O)c3cc(-c4ccccc4)on3)nc12. The van der Waals surface area contributed by atoms with E-state index in [4.69, 9.17) is 16.1 Å². The van der Waals surface area contributed by atoms with Gasteiger partial charge in [-0.2, -0.15) is 0 Å². The summed E-state index contributed by atoms with van der Waals surface area (Å²) in [5.41, 5.74) is 2.86. The van der Waals surface area contributed by atoms with Gasteiger partial charge in [-0.3, -0.25) is 10.1 Å². The molecule has 25 heavy (non-hydrogen) atoms. The van der Waals surface area contributed by atoms with E-state index in [2.05, 4.69) is 15.5 Å². The maximum atomic E-state index is 12.4. The Balaban J connectivity index is 1.58. The van der Waals surface area contributed by atoms with E-state index in [1.807, 2.05) is 49.4 Å². The van der Waals surface area contributed by atoms with Crippen LogP contribution in [0.3, 0.4) is 0 Å². The number of benzene rings is 2. The van der Waals surface area contributed by atoms with Gasteiger partial charge in [0.1, 0.15) is 0 Å². The highest BCUT2D eigenvalue weighted by atomic mass is 35.5. The lowest BCUT2D eigenvalue weighted by molar-refractivity contribution is 0.101. The highest BCUT2D eigenvalue weighted by Crippen LogP contribution is 2.31. The Morgan fingerprint density at radius 1 is 1.20 bits per heavy atom. The van der Waals surface area contributed by atoms with Gasteiger partial charge in [-0.25, -0.2) is 4.98 Å². The van der Waals surface area contributed by atoms with Crippen LogP contribution in [0.5, 0.6) is 0 Å². The second-order valence-electron chi connectivity index (χ2n) is 5.49. The number of carbonyl (C=O) groups is 1. The Labute approximate surface area is 152 Å². The number of aryl methyl sites for hydroxylation is 1. The van der Waals surface area contributed by atoms with E-state index >= 15 is 0 Å². The molecule has 0 unspecified atom stereocenters. The van der Waals surface area contributed by atoms with Crippen LogP contribution in [0.25, 0.3) is 21.5 Å². The molecule has 0 saturated heterocycles. The van der Waals surface area contributed by atoms with Crippen LogP contribution in [0, 0.1) is 6.92 Å². The Hall–Kier alpha value is -2.70. The monoisotopic (exact) mass is 369 g/mol. The van der Waals surface area contributed by atoms with Crippen LogP contribution in [0.2, 0.25) is 5.02 Å². The van der Waals surface area contributed by atoms with E-state index in [9.17, 15) is 4.79 Å². The van der Waals surface area contributed by atoms with Gasteiger partial charge < -0.3 is 4.52 Å². The molecule has 124 valence electrons. The molecule has 2 heterocycles. The number of halogens is 1. The summed E-state index contributed by atoms with van der Waals surface area (Å²) in [4.78, 5) is 16.8. The van der Waals surface area contributed by atoms with Crippen LogP contribution in [-0.4, -0.2) is 16.0 Å². The molecule has 0 aliphatic rings. The van der Waals surface area contributed by atoms with Crippen molar-refractivity contribution in [3.8, 4) is 11.3 Å². The number of nitrogens with zero attached hydrogens (tertiary/aromatic N) is 2. The third kappa shape index (κ3) is 3.14. The Morgan fingerprint density at radius 3 is 2.80 bits per heavy atom. The van der Waals surface area contributed by atoms with Crippen molar-refractivity contribution in [3.05, 3.63) is 64.8 Å². The maximum Gasteiger partial charge on any atom is 0.279 e. The zero-order valence-corrected chi connectivity index (χ0v) is 14.7. The van der Waals surface area contributed by atoms with Gasteiger partial charge in [-0.1, -0.05) is 58.4 Å². The molecule has 4 aromatic rings. The Morgan fingerprint density at radius 2 is 2.00 bits per heavy atom. The summed E-state index contributed by atoms with van der Waals surface area (Å²) in [6.45, 7) is 1.93. The molecule has 0 aliphatic heterocycles. The number of aromatic nitrogens is 2. The van der Waals surface area contributed by atoms with E-state index in [1.165, 1.54) is 11.3 Å². The van der Waals surface area contributed by atoms with Gasteiger partial charge in [0.05, 0.1) is 10.2 Å². The van der Waals surface area contributed by atoms with E-state index in [0.717, 1.165) is 21.3 Å². The number of rotatable bonds is 3. The molecule has 0 atom stereocenters. The van der Waals surface area contributed by atoms with Crippen LogP contribution in [0.1, 0.15) is 16.1 Å². The molecule has 2 aromatic carbocycles. The molecule has 5 nitrogen and oxygen atoms in total. The minimum Gasteiger partial charge on any atom is -0.355 e. The minimum absolute atomic E-state index is 0.202. The van der Waals surface area contributed by atoms with Crippen molar-refractivity contribution in [1.82, 2.24) is 10.1 Å². The Kier molecular flexibility index (Phi) is 3.99. The largest absolute Gasteiger partial charge is 0.355 e. The predicted octanol–water partition coefficient (Wildman–Crippen LogP) is 5.17. The molecule has 1 N–H and O–H groups in total. The lowest BCUT2D eigenvalue weighted by Gasteiger charge is -1.96. The van der Waals surface area contributed by atoms with Crippen molar-refractivity contribution in [2.75, 3.05) is 5.32 Å². The summed E-state index contributed by atoms with van der Waals surface area (Å²) in [5, 5.41) is 7.75. The van der Waals surface area contributed by atoms with Crippen molar-refractivity contribution in [1.29, 1.82) is 0 Å². The van der Waals surface area contributed by atoms with Gasteiger partial charge in [-0.05, 0) is 24.6 Å². The number of fused-ring (bicyclic) bond motifs is 1. The quantitative estimate of drug-likeness (QED) is 0.541. The number of hydrogen-bond donors (Lipinski definition) is 1. The summed E-state index contributed by atoms with van der Waals surface area (Å²) in [5.74, 6) is 0.173. The molecule has 0 radical (unpaired) electrons. The number of anilines is 1. The molecule has 4 rings (SSSR count). The zero-order chi connectivity index (χ0) is 17.4. The zero-order valence-electron chi connectivity index (χ0n) is 13.1. The number of amides is 1. The number of thiazole rings is 1. The van der Waals surface area contributed by atoms with Gasteiger partial charge in [0, 0.05) is 16.7 Å². The molecule has 1 amide bonds. The summed E-state index contributed by atoms with van der Waals surface area (Å²) in [6.07, 6.45) is 0. The van der Waals surface area contributed by atoms with E-state index in [-0.39, 0.29) is 11.6 Å². The second kappa shape index (κ2) is 6.31. The standard InChI is InChI=1S/C18H12ClN3O2S/c1-10-7-12(19)8-15-16(10)20-18(25-15)21-17(23)13-9-14(24-22-13)11-5-3-2-4-6-11/h2-9H,1H3,(H,20,21,23). The average molecular weight is 370 g/mol. The molecular weight excluding hydrogens is 358 g/mol. The van der Waals surface area contributed by atoms with Gasteiger partial charge in [0.15, 0.2) is 16.6 Å². The second-order valence-corrected chi connectivity index (χ2v) is 6.95. The summed E-state index contributed by atoms with van der Waals surface area (Å²) in [6, 6.07) is 14.8. The molecule has 2 aromatic heterocycles. The molecule has 0 bridgehead atoms. The molecule has 0 aliphatic carbocycles. The van der Waals surface area contributed by atoms with Crippen molar-refractivity contribution < 1.29 is 9.32 Å². The predicted molar refractivity (Wildman–Crippen MR) is 99.3 cm³/mol. The third-order valence-electron chi connectivity index (χ3n) is 3.67. The van der Waals surface area contributed by atoms with Crippen molar-refractivity contribution in [2.24, 2.45) is 0 Å². The number of carbonyl (C=O) groups excluding carboxylic acids is 1. The first-order valence-corrected chi connectivity index (χ1v) is 8.70. The first-order valence-electron chi connectivity index (χ1n) is 7.50. The van der Waals surface area contributed by atoms with Crippen LogP contribution in [0.15, 0.2) is 53.1 Å². The van der Waals surface area contributed by atoms with E-state index in [1.54, 1.807) is 6.07 Å². The van der Waals surface area contributed by atoms with Gasteiger partial charge >= 0.3 is 0 Å². The van der Waals surface area contributed by atoms with Crippen LogP contribution >= 0.6 is 22.9 Å². The lowest BCUT2D eigenvalue weighted by atomic mass is 10.1. The minimum atomic E-state index is -0.367. The van der Waals surface area contributed by atoms with Crippen LogP contribution in [0.4, 0.5) is 5.13 Å². The fourth-order valence-electron chi connectivity index (χ4n) is 2.49. The van der Waals surface area contributed by atoms with Gasteiger partial charge in [0.25, 0.3) is 5.91 Å². The fourth-order valence-corrected chi connectivity index (χ4v) is 3.81. The first kappa shape index (κ1) is 15.8. The highest BCUT2D eigenvalue weighted by Gasteiger charge is 2.16. The number of nitrogens with one attached hydrogen (secondary N) is 1. The van der Waals surface area contributed by atoms with Gasteiger partial charge in [0.2, 0.25) is 0 Å². The van der Waals surface area contributed by atoms with Crippen molar-refractivity contribution in [3.63, 3.8) is 0 Å². The van der Waals surface area contributed by atoms with Gasteiger partial charge in [-0.15, -0.1) is 0 Å². The number of hydrogen-bond acceptors (Lipinski definition) is 5. The Bertz CT molecular complexity index is 1070. The lowest BCUT2D eigenvalue weighted by Crippen LogP contribution is -2.11. The van der Waals surface area contributed by atoms with Crippen LogP contribution < -0.4 is 5.32 Å². The molecule has 0 spiro atoms. The van der Waals surface area contributed by atoms with E-state index < -0.39 is 0 Å². The van der Waals surface area contributed by atoms with Crippen molar-refractivity contribution in [2.45, 2.75) is 6.92 Å². The normalized spacial score (nSPS) is 11.0. The first-order chi connectivity index (χ1) is 12.1. The van der Waals surface area contributed by atoms with Crippen LogP contribution in [-0.2, 0) is 0 Å².